The van der Waals surface area contributed by atoms with Gasteiger partial charge in [-0.1, -0.05) is 0 Å². The van der Waals surface area contributed by atoms with Crippen molar-refractivity contribution in [3.63, 3.8) is 0 Å². The summed E-state index contributed by atoms with van der Waals surface area (Å²) in [5, 5.41) is 3.45. The van der Waals surface area contributed by atoms with Crippen molar-refractivity contribution < 1.29 is 31.1 Å². The number of rotatable bonds is 6. The zero-order valence-corrected chi connectivity index (χ0v) is 22.7. The van der Waals surface area contributed by atoms with Crippen molar-refractivity contribution in [3.05, 3.63) is 76.7 Å². The van der Waals surface area contributed by atoms with Gasteiger partial charge in [-0.3, -0.25) is 14.8 Å². The third-order valence-corrected chi connectivity index (χ3v) is 9.04. The van der Waals surface area contributed by atoms with Gasteiger partial charge in [-0.05, 0) is 67.8 Å². The van der Waals surface area contributed by atoms with Crippen LogP contribution in [-0.2, 0) is 16.4 Å². The molecule has 1 atom stereocenters. The number of carbonyl (C=O) groups excluding carboxylic acids is 1. The van der Waals surface area contributed by atoms with Crippen LogP contribution >= 0.6 is 0 Å². The van der Waals surface area contributed by atoms with Crippen molar-refractivity contribution in [3.8, 4) is 17.1 Å². The fourth-order valence-corrected chi connectivity index (χ4v) is 6.33. The lowest BCUT2D eigenvalue weighted by atomic mass is 10.1. The van der Waals surface area contributed by atoms with Gasteiger partial charge in [-0.15, -0.1) is 0 Å². The molecule has 0 unspecified atom stereocenters. The molecule has 1 fully saturated rings. The smallest absolute Gasteiger partial charge is 0.265 e. The van der Waals surface area contributed by atoms with Crippen LogP contribution in [0.15, 0.2) is 53.6 Å². The average Bonchev–Trinajstić information content (AvgIpc) is 3.81. The number of amides is 1. The largest absolute Gasteiger partial charge is 0.492 e. The molecule has 8 nitrogen and oxygen atoms in total. The van der Waals surface area contributed by atoms with Crippen LogP contribution in [-0.4, -0.2) is 41.4 Å². The van der Waals surface area contributed by atoms with Gasteiger partial charge in [0.1, 0.15) is 10.6 Å². The third-order valence-electron chi connectivity index (χ3n) is 7.22. The van der Waals surface area contributed by atoms with Crippen molar-refractivity contribution in [1.29, 1.82) is 0 Å². The minimum atomic E-state index is -4.30. The molecule has 1 amide bonds. The Labute approximate surface area is 233 Å². The number of alkyl halides is 3. The number of aryl methyl sites for hydroxylation is 1. The van der Waals surface area contributed by atoms with Crippen LogP contribution in [0, 0.1) is 6.92 Å². The molecule has 3 aromatic heterocycles. The van der Waals surface area contributed by atoms with Gasteiger partial charge >= 0.3 is 0 Å². The van der Waals surface area contributed by atoms with E-state index in [1.807, 2.05) is 6.07 Å². The van der Waals surface area contributed by atoms with Gasteiger partial charge < -0.3 is 10.1 Å². The summed E-state index contributed by atoms with van der Waals surface area (Å²) >= 11 is 0. The zero-order chi connectivity index (χ0) is 28.9. The highest BCUT2D eigenvalue weighted by Crippen LogP contribution is 2.43. The fraction of sp³-hybridized carbons (Fsp3) is 0.310. The van der Waals surface area contributed by atoms with E-state index >= 15 is 0 Å². The number of carbonyl (C=O) groups is 1. The number of sulfone groups is 1. The molecule has 6 rings (SSSR count). The highest BCUT2D eigenvalue weighted by atomic mass is 32.2. The first-order chi connectivity index (χ1) is 19.6. The Balaban J connectivity index is 1.24. The number of pyridine rings is 3. The van der Waals surface area contributed by atoms with Crippen molar-refractivity contribution >= 4 is 26.6 Å². The van der Waals surface area contributed by atoms with Crippen LogP contribution in [0.4, 0.5) is 13.2 Å². The predicted molar refractivity (Wildman–Crippen MR) is 144 cm³/mol. The molecule has 4 aromatic rings. The first kappa shape index (κ1) is 27.1. The maximum absolute atomic E-state index is 14.3. The fourth-order valence-electron chi connectivity index (χ4n) is 4.88. The Morgan fingerprint density at radius 2 is 1.83 bits per heavy atom. The molecular weight excluding hydrogens is 557 g/mol. The summed E-state index contributed by atoms with van der Waals surface area (Å²) in [5.74, 6) is -0.458. The predicted octanol–water partition coefficient (Wildman–Crippen LogP) is 5.60. The maximum atomic E-state index is 14.3. The number of nitrogens with one attached hydrogen (secondary N) is 1. The Bertz CT molecular complexity index is 1790. The van der Waals surface area contributed by atoms with Gasteiger partial charge in [0, 0.05) is 35.0 Å². The van der Waals surface area contributed by atoms with Crippen molar-refractivity contribution in [2.24, 2.45) is 0 Å². The van der Waals surface area contributed by atoms with Crippen LogP contribution in [0.3, 0.4) is 0 Å². The maximum Gasteiger partial charge on any atom is 0.265 e. The molecule has 0 spiro atoms. The average molecular weight is 583 g/mol. The Morgan fingerprint density at radius 3 is 2.59 bits per heavy atom. The van der Waals surface area contributed by atoms with Gasteiger partial charge in [0.05, 0.1) is 41.4 Å². The molecule has 1 aliphatic heterocycles. The van der Waals surface area contributed by atoms with Gasteiger partial charge in [0.15, 0.2) is 0 Å². The second-order valence-electron chi connectivity index (χ2n) is 10.2. The molecule has 1 saturated carbocycles. The number of ether oxygens (including phenoxy) is 1. The van der Waals surface area contributed by atoms with Crippen molar-refractivity contribution in [2.45, 2.75) is 55.5 Å². The minimum absolute atomic E-state index is 0.0129. The normalized spacial score (nSPS) is 18.0. The Hall–Kier alpha value is -4.06. The Morgan fingerprint density at radius 1 is 1.07 bits per heavy atom. The van der Waals surface area contributed by atoms with E-state index < -0.39 is 27.7 Å². The first-order valence-electron chi connectivity index (χ1n) is 13.1. The second-order valence-corrected chi connectivity index (χ2v) is 12.2. The molecular formula is C29H25F3N4O4S. The second kappa shape index (κ2) is 10.4. The first-order valence-corrected chi connectivity index (χ1v) is 14.6. The Kier molecular flexibility index (Phi) is 6.88. The molecule has 1 aromatic carbocycles. The lowest BCUT2D eigenvalue weighted by Gasteiger charge is -2.13. The molecule has 1 N–H and O–H groups in total. The zero-order valence-electron chi connectivity index (χ0n) is 21.9. The number of nitrogens with zero attached hydrogens (tertiary/aromatic N) is 3. The van der Waals surface area contributed by atoms with Crippen molar-refractivity contribution in [2.75, 3.05) is 6.61 Å². The molecule has 4 heterocycles. The molecule has 2 aliphatic rings. The summed E-state index contributed by atoms with van der Waals surface area (Å²) in [6.07, 6.45) is 0.405. The summed E-state index contributed by atoms with van der Waals surface area (Å²) < 4.78 is 72.0. The molecule has 212 valence electrons. The summed E-state index contributed by atoms with van der Waals surface area (Å²) in [4.78, 5) is 26.2. The van der Waals surface area contributed by atoms with E-state index in [4.69, 9.17) is 4.74 Å². The topological polar surface area (TPSA) is 111 Å². The van der Waals surface area contributed by atoms with Crippen LogP contribution in [0.5, 0.6) is 5.75 Å². The number of aromatic nitrogens is 3. The molecule has 0 saturated heterocycles. The lowest BCUT2D eigenvalue weighted by Crippen LogP contribution is -2.24. The number of hydrogen-bond acceptors (Lipinski definition) is 7. The standard InChI is InChI=1S/C29H25F3N4O4S/c1-15-10-18(11-24-27(15)40-9-8-25(30)41(24,38)39)29(37)34-14-19-12-23-17(13-33-19)4-6-21(35-23)22-7-5-20(28(31)32)26(36-22)16-2-3-16/h4-7,10-13,16,25,28H,2-3,8-9,14H2,1H3,(H,34,37)/t25-/m1/s1. The molecule has 0 bridgehead atoms. The van der Waals surface area contributed by atoms with Crippen LogP contribution < -0.4 is 10.1 Å². The monoisotopic (exact) mass is 582 g/mol. The van der Waals surface area contributed by atoms with E-state index in [0.29, 0.717) is 33.9 Å². The van der Waals surface area contributed by atoms with Crippen LogP contribution in [0.2, 0.25) is 0 Å². The SMILES string of the molecule is Cc1cc(C(=O)NCc2cc3nc(-c4ccc(C(F)F)c(C5CC5)n4)ccc3cn2)cc2c1OCC[C@H](F)S2(=O)=O. The highest BCUT2D eigenvalue weighted by Gasteiger charge is 2.35. The van der Waals surface area contributed by atoms with E-state index in [1.54, 1.807) is 31.3 Å². The summed E-state index contributed by atoms with van der Waals surface area (Å²) in [7, 11) is -4.30. The summed E-state index contributed by atoms with van der Waals surface area (Å²) in [6, 6.07) is 10.8. The molecule has 41 heavy (non-hydrogen) atoms. The highest BCUT2D eigenvalue weighted by molar-refractivity contribution is 7.92. The number of hydrogen-bond donors (Lipinski definition) is 1. The summed E-state index contributed by atoms with van der Waals surface area (Å²) in [6.45, 7) is 1.53. The quantitative estimate of drug-likeness (QED) is 0.315. The molecule has 1 aliphatic carbocycles. The van der Waals surface area contributed by atoms with E-state index in [1.165, 1.54) is 12.1 Å². The molecule has 0 radical (unpaired) electrons. The summed E-state index contributed by atoms with van der Waals surface area (Å²) in [5.41, 5.74) is 0.812. The lowest BCUT2D eigenvalue weighted by molar-refractivity contribution is 0.0950. The van der Waals surface area contributed by atoms with Crippen LogP contribution in [0.1, 0.15) is 64.5 Å². The van der Waals surface area contributed by atoms with Gasteiger partial charge in [0.25, 0.3) is 12.3 Å². The van der Waals surface area contributed by atoms with Gasteiger partial charge in [-0.25, -0.2) is 26.6 Å². The van der Waals surface area contributed by atoms with E-state index in [0.717, 1.165) is 24.3 Å². The van der Waals surface area contributed by atoms with Gasteiger partial charge in [0.2, 0.25) is 15.3 Å². The van der Waals surface area contributed by atoms with E-state index in [9.17, 15) is 26.4 Å². The third kappa shape index (κ3) is 5.23. The van der Waals surface area contributed by atoms with E-state index in [-0.39, 0.29) is 47.3 Å². The minimum Gasteiger partial charge on any atom is -0.492 e. The van der Waals surface area contributed by atoms with Gasteiger partial charge in [-0.2, -0.15) is 0 Å². The van der Waals surface area contributed by atoms with Crippen molar-refractivity contribution in [1.82, 2.24) is 20.3 Å². The number of halogens is 3. The number of benzene rings is 1. The number of fused-ring (bicyclic) bond motifs is 2. The molecule has 12 heteroatoms. The van der Waals surface area contributed by atoms with Crippen LogP contribution in [0.25, 0.3) is 22.3 Å². The van der Waals surface area contributed by atoms with E-state index in [2.05, 4.69) is 20.3 Å².